The average Bonchev–Trinajstić information content (AvgIpc) is 2.83. The Morgan fingerprint density at radius 2 is 1.47 bits per heavy atom. The number of carbonyl (C=O) groups is 3. The Balaban J connectivity index is 1.92. The maximum atomic E-state index is 13.7. The van der Waals surface area contributed by atoms with Crippen LogP contribution in [0.1, 0.15) is 45.5 Å². The summed E-state index contributed by atoms with van der Waals surface area (Å²) in [5.41, 5.74) is -1.09. The highest BCUT2D eigenvalue weighted by atomic mass is 16.6. The molecule has 1 aliphatic rings. The molecule has 7 heteroatoms. The van der Waals surface area contributed by atoms with Crippen LogP contribution in [0.2, 0.25) is 0 Å². The first-order valence-corrected chi connectivity index (χ1v) is 10.9. The number of hydrogen-bond donors (Lipinski definition) is 1. The lowest BCUT2D eigenvalue weighted by atomic mass is 9.58. The van der Waals surface area contributed by atoms with Gasteiger partial charge in [-0.15, -0.1) is 0 Å². The van der Waals surface area contributed by atoms with Gasteiger partial charge in [0.05, 0.1) is 22.4 Å². The fourth-order valence-electron chi connectivity index (χ4n) is 4.90. The number of rotatable bonds is 6. The summed E-state index contributed by atoms with van der Waals surface area (Å²) in [5, 5.41) is 22.8. The predicted molar refractivity (Wildman–Crippen MR) is 125 cm³/mol. The third kappa shape index (κ3) is 4.30. The van der Waals surface area contributed by atoms with Gasteiger partial charge < -0.3 is 5.11 Å². The van der Waals surface area contributed by atoms with Crippen LogP contribution in [0, 0.1) is 22.0 Å². The Morgan fingerprint density at radius 1 is 0.912 bits per heavy atom. The van der Waals surface area contributed by atoms with Gasteiger partial charge in [-0.3, -0.25) is 24.5 Å². The summed E-state index contributed by atoms with van der Waals surface area (Å²) in [4.78, 5) is 51.5. The van der Waals surface area contributed by atoms with Crippen molar-refractivity contribution in [3.63, 3.8) is 0 Å². The third-order valence-electron chi connectivity index (χ3n) is 6.41. The maximum Gasteiger partial charge on any atom is 0.269 e. The second kappa shape index (κ2) is 9.11. The Hall–Kier alpha value is -3.97. The van der Waals surface area contributed by atoms with Crippen molar-refractivity contribution >= 4 is 23.0 Å². The molecule has 3 aromatic carbocycles. The molecule has 1 aliphatic carbocycles. The smallest absolute Gasteiger partial charge is 0.269 e. The van der Waals surface area contributed by atoms with Gasteiger partial charge in [0.15, 0.2) is 11.6 Å². The molecule has 0 aromatic heterocycles. The molecule has 34 heavy (non-hydrogen) atoms. The van der Waals surface area contributed by atoms with E-state index in [2.05, 4.69) is 0 Å². The van der Waals surface area contributed by atoms with E-state index in [1.165, 1.54) is 25.1 Å². The van der Waals surface area contributed by atoms with Gasteiger partial charge in [0.25, 0.3) is 5.69 Å². The standard InChI is InChI=1S/C27H23NO6/c1-27(32)16-21(29)23(25(30)17-9-4-2-5-10-17)22(19-13-8-14-20(15-19)28(33)34)24(27)26(31)18-11-6-3-7-12-18/h2-15,22-24,32H,16H2,1H3/t22-,23-,24+,27+/m0/s1. The molecule has 3 aromatic rings. The number of Topliss-reactive ketones (excluding diaryl/α,β-unsaturated/α-hetero) is 3. The molecule has 4 atom stereocenters. The first kappa shape index (κ1) is 23.2. The molecule has 0 unspecified atom stereocenters. The number of ketones is 3. The van der Waals surface area contributed by atoms with Crippen molar-refractivity contribution in [2.24, 2.45) is 11.8 Å². The molecule has 0 radical (unpaired) electrons. The number of hydrogen-bond acceptors (Lipinski definition) is 6. The molecule has 1 saturated carbocycles. The van der Waals surface area contributed by atoms with Crippen molar-refractivity contribution < 1.29 is 24.4 Å². The Labute approximate surface area is 196 Å². The number of benzene rings is 3. The number of nitro groups is 1. The Bertz CT molecular complexity index is 1250. The van der Waals surface area contributed by atoms with Crippen molar-refractivity contribution in [2.45, 2.75) is 24.9 Å². The SMILES string of the molecule is C[C@@]1(O)CC(=O)[C@H](C(=O)c2ccccc2)[C@H](c2cccc([N+](=O)[O-])c2)[C@@H]1C(=O)c1ccccc1. The summed E-state index contributed by atoms with van der Waals surface area (Å²) in [7, 11) is 0. The summed E-state index contributed by atoms with van der Waals surface area (Å²) in [6.45, 7) is 1.41. The van der Waals surface area contributed by atoms with Crippen LogP contribution in [-0.4, -0.2) is 33.0 Å². The van der Waals surface area contributed by atoms with E-state index in [-0.39, 0.29) is 17.7 Å². The zero-order valence-electron chi connectivity index (χ0n) is 18.5. The van der Waals surface area contributed by atoms with Gasteiger partial charge in [-0.1, -0.05) is 72.8 Å². The van der Waals surface area contributed by atoms with Gasteiger partial charge in [-0.25, -0.2) is 0 Å². The van der Waals surface area contributed by atoms with Crippen molar-refractivity contribution in [1.82, 2.24) is 0 Å². The van der Waals surface area contributed by atoms with E-state index in [0.29, 0.717) is 11.1 Å². The monoisotopic (exact) mass is 457 g/mol. The fraction of sp³-hybridized carbons (Fsp3) is 0.222. The third-order valence-corrected chi connectivity index (χ3v) is 6.41. The summed E-state index contributed by atoms with van der Waals surface area (Å²) in [6.07, 6.45) is -0.384. The van der Waals surface area contributed by atoms with Crippen LogP contribution in [-0.2, 0) is 4.79 Å². The second-order valence-electron chi connectivity index (χ2n) is 8.79. The van der Waals surface area contributed by atoms with Gasteiger partial charge in [-0.2, -0.15) is 0 Å². The van der Waals surface area contributed by atoms with Crippen LogP contribution in [0.5, 0.6) is 0 Å². The molecule has 0 amide bonds. The molecule has 4 rings (SSSR count). The van der Waals surface area contributed by atoms with Gasteiger partial charge in [0, 0.05) is 35.6 Å². The van der Waals surface area contributed by atoms with Crippen LogP contribution in [0.25, 0.3) is 0 Å². The highest BCUT2D eigenvalue weighted by Gasteiger charge is 2.55. The van der Waals surface area contributed by atoms with E-state index in [4.69, 9.17) is 0 Å². The summed E-state index contributed by atoms with van der Waals surface area (Å²) in [5.74, 6) is -4.96. The number of carbonyl (C=O) groups excluding carboxylic acids is 3. The molecule has 0 aliphatic heterocycles. The lowest BCUT2D eigenvalue weighted by molar-refractivity contribution is -0.385. The second-order valence-corrected chi connectivity index (χ2v) is 8.79. The van der Waals surface area contributed by atoms with Crippen LogP contribution >= 0.6 is 0 Å². The molecular formula is C27H23NO6. The Morgan fingerprint density at radius 3 is 2.03 bits per heavy atom. The molecule has 172 valence electrons. The van der Waals surface area contributed by atoms with Crippen LogP contribution in [0.3, 0.4) is 0 Å². The van der Waals surface area contributed by atoms with Crippen LogP contribution < -0.4 is 0 Å². The van der Waals surface area contributed by atoms with E-state index >= 15 is 0 Å². The molecule has 1 fully saturated rings. The summed E-state index contributed by atoms with van der Waals surface area (Å²) in [6, 6.07) is 22.2. The predicted octanol–water partition coefficient (Wildman–Crippen LogP) is 4.40. The molecule has 7 nitrogen and oxygen atoms in total. The number of non-ortho nitro benzene ring substituents is 1. The molecule has 0 saturated heterocycles. The topological polar surface area (TPSA) is 115 Å². The minimum atomic E-state index is -1.76. The van der Waals surface area contributed by atoms with E-state index < -0.39 is 45.6 Å². The van der Waals surface area contributed by atoms with E-state index in [9.17, 15) is 29.6 Å². The van der Waals surface area contributed by atoms with Crippen molar-refractivity contribution in [2.75, 3.05) is 0 Å². The lowest BCUT2D eigenvalue weighted by Crippen LogP contribution is -2.54. The molecule has 0 spiro atoms. The minimum Gasteiger partial charge on any atom is -0.389 e. The molecular weight excluding hydrogens is 434 g/mol. The number of nitro benzene ring substituents is 1. The summed E-state index contributed by atoms with van der Waals surface area (Å²) >= 11 is 0. The first-order chi connectivity index (χ1) is 16.2. The van der Waals surface area contributed by atoms with E-state index in [1.807, 2.05) is 0 Å². The number of aliphatic hydroxyl groups is 1. The molecule has 0 bridgehead atoms. The average molecular weight is 457 g/mol. The first-order valence-electron chi connectivity index (χ1n) is 10.9. The van der Waals surface area contributed by atoms with Gasteiger partial charge >= 0.3 is 0 Å². The highest BCUT2D eigenvalue weighted by molar-refractivity contribution is 6.13. The summed E-state index contributed by atoms with van der Waals surface area (Å²) < 4.78 is 0. The Kier molecular flexibility index (Phi) is 6.22. The van der Waals surface area contributed by atoms with Crippen LogP contribution in [0.4, 0.5) is 5.69 Å². The zero-order chi connectivity index (χ0) is 24.5. The highest BCUT2D eigenvalue weighted by Crippen LogP contribution is 2.48. The largest absolute Gasteiger partial charge is 0.389 e. The molecule has 1 N–H and O–H groups in total. The van der Waals surface area contributed by atoms with Crippen molar-refractivity contribution in [3.8, 4) is 0 Å². The molecule has 0 heterocycles. The van der Waals surface area contributed by atoms with Gasteiger partial charge in [0.2, 0.25) is 0 Å². The zero-order valence-corrected chi connectivity index (χ0v) is 18.5. The van der Waals surface area contributed by atoms with Crippen molar-refractivity contribution in [1.29, 1.82) is 0 Å². The lowest BCUT2D eigenvalue weighted by Gasteiger charge is -2.44. The fourth-order valence-corrected chi connectivity index (χ4v) is 4.90. The van der Waals surface area contributed by atoms with E-state index in [1.54, 1.807) is 66.7 Å². The van der Waals surface area contributed by atoms with Crippen molar-refractivity contribution in [3.05, 3.63) is 112 Å². The normalized spacial score (nSPS) is 24.4. The van der Waals surface area contributed by atoms with Crippen LogP contribution in [0.15, 0.2) is 84.9 Å². The number of nitrogens with zero attached hydrogens (tertiary/aromatic N) is 1. The quantitative estimate of drug-likeness (QED) is 0.254. The minimum absolute atomic E-state index is 0.230. The van der Waals surface area contributed by atoms with E-state index in [0.717, 1.165) is 0 Å². The van der Waals surface area contributed by atoms with Gasteiger partial charge in [-0.05, 0) is 12.5 Å². The maximum absolute atomic E-state index is 13.7. The van der Waals surface area contributed by atoms with Gasteiger partial charge in [0.1, 0.15) is 5.78 Å².